The zero-order valence-corrected chi connectivity index (χ0v) is 17.7. The topological polar surface area (TPSA) is 60.5 Å². The molecule has 0 bridgehead atoms. The van der Waals surface area contributed by atoms with Gasteiger partial charge in [0.05, 0.1) is 7.11 Å². The van der Waals surface area contributed by atoms with Crippen molar-refractivity contribution in [2.45, 2.75) is 20.5 Å². The molecule has 1 heterocycles. The smallest absolute Gasteiger partial charge is 0.270 e. The fourth-order valence-electron chi connectivity index (χ4n) is 2.63. The van der Waals surface area contributed by atoms with Crippen LogP contribution in [0.3, 0.4) is 0 Å². The van der Waals surface area contributed by atoms with Crippen LogP contribution in [0, 0.1) is 17.6 Å². The van der Waals surface area contributed by atoms with E-state index >= 15 is 0 Å². The standard InChI is InChI=1S/C22H22F2N2O3S/c1-13(2)10-25-21(27)18-12-30-22(26-18)14-4-7-19(20(9-14)28-3)29-11-15-8-16(23)5-6-17(15)24/h4-9,12-13H,10-11H2,1-3H3,(H,25,27). The van der Waals surface area contributed by atoms with E-state index in [2.05, 4.69) is 10.3 Å². The van der Waals surface area contributed by atoms with Gasteiger partial charge in [-0.3, -0.25) is 4.79 Å². The molecular formula is C22H22F2N2O3S. The van der Waals surface area contributed by atoms with Crippen molar-refractivity contribution in [3.63, 3.8) is 0 Å². The Morgan fingerprint density at radius 2 is 1.97 bits per heavy atom. The van der Waals surface area contributed by atoms with Crippen molar-refractivity contribution in [3.8, 4) is 22.1 Å². The van der Waals surface area contributed by atoms with Gasteiger partial charge >= 0.3 is 0 Å². The van der Waals surface area contributed by atoms with Crippen molar-refractivity contribution < 1.29 is 23.0 Å². The molecule has 0 radical (unpaired) electrons. The number of nitrogens with zero attached hydrogens (tertiary/aromatic N) is 1. The van der Waals surface area contributed by atoms with E-state index in [9.17, 15) is 13.6 Å². The summed E-state index contributed by atoms with van der Waals surface area (Å²) in [6.45, 7) is 4.48. The number of methoxy groups -OCH3 is 1. The average molecular weight is 432 g/mol. The van der Waals surface area contributed by atoms with Gasteiger partial charge in [0, 0.05) is 23.1 Å². The van der Waals surface area contributed by atoms with Crippen molar-refractivity contribution >= 4 is 17.2 Å². The predicted octanol–water partition coefficient (Wildman–Crippen LogP) is 5.06. The molecule has 0 saturated carbocycles. The monoisotopic (exact) mass is 432 g/mol. The number of benzene rings is 2. The molecule has 0 spiro atoms. The molecule has 0 fully saturated rings. The molecule has 0 atom stereocenters. The molecule has 8 heteroatoms. The van der Waals surface area contributed by atoms with E-state index < -0.39 is 11.6 Å². The van der Waals surface area contributed by atoms with Gasteiger partial charge < -0.3 is 14.8 Å². The van der Waals surface area contributed by atoms with Crippen molar-refractivity contribution in [2.75, 3.05) is 13.7 Å². The minimum atomic E-state index is -0.543. The number of amides is 1. The SMILES string of the molecule is COc1cc(-c2nc(C(=O)NCC(C)C)cs2)ccc1OCc1cc(F)ccc1F. The van der Waals surface area contributed by atoms with Crippen LogP contribution in [0.1, 0.15) is 29.9 Å². The summed E-state index contributed by atoms with van der Waals surface area (Å²) >= 11 is 1.34. The van der Waals surface area contributed by atoms with Crippen molar-refractivity contribution in [1.82, 2.24) is 10.3 Å². The van der Waals surface area contributed by atoms with E-state index in [-0.39, 0.29) is 18.1 Å². The molecule has 1 N–H and O–H groups in total. The van der Waals surface area contributed by atoms with Crippen molar-refractivity contribution in [1.29, 1.82) is 0 Å². The highest BCUT2D eigenvalue weighted by Crippen LogP contribution is 2.34. The van der Waals surface area contributed by atoms with Gasteiger partial charge in [-0.25, -0.2) is 13.8 Å². The quantitative estimate of drug-likeness (QED) is 0.540. The summed E-state index contributed by atoms with van der Waals surface area (Å²) in [5.74, 6) is -0.131. The Balaban J connectivity index is 1.74. The van der Waals surface area contributed by atoms with Crippen LogP contribution in [0.25, 0.3) is 10.6 Å². The lowest BCUT2D eigenvalue weighted by molar-refractivity contribution is 0.0945. The Kier molecular flexibility index (Phi) is 6.99. The summed E-state index contributed by atoms with van der Waals surface area (Å²) in [5.41, 5.74) is 1.22. The first-order valence-corrected chi connectivity index (χ1v) is 10.2. The number of carbonyl (C=O) groups excluding carboxylic acids is 1. The highest BCUT2D eigenvalue weighted by atomic mass is 32.1. The van der Waals surface area contributed by atoms with Gasteiger partial charge in [0.1, 0.15) is 28.9 Å². The fourth-order valence-corrected chi connectivity index (χ4v) is 3.42. The molecule has 5 nitrogen and oxygen atoms in total. The number of aromatic nitrogens is 1. The number of hydrogen-bond donors (Lipinski definition) is 1. The summed E-state index contributed by atoms with van der Waals surface area (Å²) in [6, 6.07) is 8.38. The lowest BCUT2D eigenvalue weighted by Gasteiger charge is -2.12. The second-order valence-electron chi connectivity index (χ2n) is 7.03. The zero-order chi connectivity index (χ0) is 21.7. The maximum absolute atomic E-state index is 13.8. The first-order chi connectivity index (χ1) is 14.4. The highest BCUT2D eigenvalue weighted by molar-refractivity contribution is 7.13. The molecule has 30 heavy (non-hydrogen) atoms. The van der Waals surface area contributed by atoms with Gasteiger partial charge in [-0.15, -0.1) is 11.3 Å². The van der Waals surface area contributed by atoms with Gasteiger partial charge in [0.25, 0.3) is 5.91 Å². The third kappa shape index (κ3) is 5.33. The Labute approximate surface area is 177 Å². The van der Waals surface area contributed by atoms with E-state index in [0.717, 1.165) is 23.8 Å². The zero-order valence-electron chi connectivity index (χ0n) is 16.9. The molecule has 0 aliphatic rings. The lowest BCUT2D eigenvalue weighted by atomic mass is 10.2. The lowest BCUT2D eigenvalue weighted by Crippen LogP contribution is -2.27. The molecule has 3 aromatic rings. The maximum Gasteiger partial charge on any atom is 0.270 e. The summed E-state index contributed by atoms with van der Waals surface area (Å²) in [7, 11) is 1.49. The molecule has 158 valence electrons. The third-order valence-corrected chi connectivity index (χ3v) is 5.10. The summed E-state index contributed by atoms with van der Waals surface area (Å²) in [4.78, 5) is 16.6. The summed E-state index contributed by atoms with van der Waals surface area (Å²) in [5, 5.41) is 5.20. The Bertz CT molecular complexity index is 1040. The normalized spacial score (nSPS) is 10.9. The van der Waals surface area contributed by atoms with E-state index in [4.69, 9.17) is 9.47 Å². The number of rotatable bonds is 8. The van der Waals surface area contributed by atoms with Crippen molar-refractivity contribution in [2.24, 2.45) is 5.92 Å². The summed E-state index contributed by atoms with van der Waals surface area (Å²) < 4.78 is 38.1. The van der Waals surface area contributed by atoms with Gasteiger partial charge in [-0.1, -0.05) is 13.8 Å². The second kappa shape index (κ2) is 9.67. The minimum absolute atomic E-state index is 0.109. The highest BCUT2D eigenvalue weighted by Gasteiger charge is 2.15. The van der Waals surface area contributed by atoms with Crippen LogP contribution in [0.4, 0.5) is 8.78 Å². The average Bonchev–Trinajstić information content (AvgIpc) is 3.23. The van der Waals surface area contributed by atoms with Crippen LogP contribution < -0.4 is 14.8 Å². The first-order valence-electron chi connectivity index (χ1n) is 9.36. The number of halogens is 2. The predicted molar refractivity (Wildman–Crippen MR) is 112 cm³/mol. The van der Waals surface area contributed by atoms with Crippen molar-refractivity contribution in [3.05, 3.63) is 64.7 Å². The van der Waals surface area contributed by atoms with E-state index in [1.807, 2.05) is 13.8 Å². The van der Waals surface area contributed by atoms with Crippen LogP contribution in [-0.4, -0.2) is 24.5 Å². The maximum atomic E-state index is 13.8. The van der Waals surface area contributed by atoms with Crippen LogP contribution in [0.5, 0.6) is 11.5 Å². The van der Waals surface area contributed by atoms with Crippen LogP contribution >= 0.6 is 11.3 Å². The Morgan fingerprint density at radius 3 is 2.70 bits per heavy atom. The minimum Gasteiger partial charge on any atom is -0.493 e. The van der Waals surface area contributed by atoms with Crippen LogP contribution in [0.2, 0.25) is 0 Å². The molecule has 0 saturated heterocycles. The first kappa shape index (κ1) is 21.7. The van der Waals surface area contributed by atoms with Gasteiger partial charge in [0.15, 0.2) is 11.5 Å². The summed E-state index contributed by atoms with van der Waals surface area (Å²) in [6.07, 6.45) is 0. The van der Waals surface area contributed by atoms with Crippen LogP contribution in [0.15, 0.2) is 41.8 Å². The van der Waals surface area contributed by atoms with E-state index in [1.165, 1.54) is 18.4 Å². The molecular weight excluding hydrogens is 410 g/mol. The molecule has 1 amide bonds. The van der Waals surface area contributed by atoms with Gasteiger partial charge in [0.2, 0.25) is 0 Å². The van der Waals surface area contributed by atoms with Gasteiger partial charge in [-0.05, 0) is 42.3 Å². The Hall–Kier alpha value is -3.00. The molecule has 2 aromatic carbocycles. The van der Waals surface area contributed by atoms with E-state index in [1.54, 1.807) is 23.6 Å². The Morgan fingerprint density at radius 1 is 1.17 bits per heavy atom. The molecule has 0 unspecified atom stereocenters. The molecule has 1 aromatic heterocycles. The molecule has 0 aliphatic heterocycles. The number of carbonyl (C=O) groups is 1. The fraction of sp³-hybridized carbons (Fsp3) is 0.273. The third-order valence-electron chi connectivity index (χ3n) is 4.21. The largest absolute Gasteiger partial charge is 0.493 e. The van der Waals surface area contributed by atoms with E-state index in [0.29, 0.717) is 34.7 Å². The number of nitrogens with one attached hydrogen (secondary N) is 1. The second-order valence-corrected chi connectivity index (χ2v) is 7.89. The number of ether oxygens (including phenoxy) is 2. The number of thiazole rings is 1. The molecule has 3 rings (SSSR count). The van der Waals surface area contributed by atoms with Gasteiger partial charge in [-0.2, -0.15) is 0 Å². The number of hydrogen-bond acceptors (Lipinski definition) is 5. The van der Waals surface area contributed by atoms with Crippen LogP contribution in [-0.2, 0) is 6.61 Å². The molecule has 0 aliphatic carbocycles.